The van der Waals surface area contributed by atoms with Crippen molar-refractivity contribution >= 4 is 11.9 Å². The summed E-state index contributed by atoms with van der Waals surface area (Å²) in [5.41, 5.74) is 5.49. The summed E-state index contributed by atoms with van der Waals surface area (Å²) in [5.74, 6) is -0.452. The second-order valence-corrected chi connectivity index (χ2v) is 3.74. The largest absolute Gasteiger partial charge is 0.466 e. The Kier molecular flexibility index (Phi) is 10.3. The maximum absolute atomic E-state index is 11.2. The number of esters is 2. The van der Waals surface area contributed by atoms with E-state index < -0.39 is 0 Å². The number of carbonyl (C=O) groups excluding carboxylic acids is 2. The Bertz CT molecular complexity index is 224. The number of ether oxygens (including phenoxy) is 2. The highest BCUT2D eigenvalue weighted by Gasteiger charge is 2.10. The molecule has 6 nitrogen and oxygen atoms in total. The summed E-state index contributed by atoms with van der Waals surface area (Å²) in [4.78, 5) is 24.4. The number of nitrogens with two attached hydrogens (primary N) is 1. The Balaban J connectivity index is 3.91. The van der Waals surface area contributed by atoms with Crippen LogP contribution in [0.5, 0.6) is 0 Å². The first-order valence-corrected chi connectivity index (χ1v) is 6.37. The van der Waals surface area contributed by atoms with E-state index in [4.69, 9.17) is 15.2 Å². The third kappa shape index (κ3) is 8.95. The van der Waals surface area contributed by atoms with Gasteiger partial charge in [0.05, 0.1) is 26.1 Å². The van der Waals surface area contributed by atoms with Gasteiger partial charge >= 0.3 is 11.9 Å². The molecule has 6 heteroatoms. The summed E-state index contributed by atoms with van der Waals surface area (Å²) < 4.78 is 9.69. The van der Waals surface area contributed by atoms with Crippen LogP contribution >= 0.6 is 0 Å². The van der Waals surface area contributed by atoms with Gasteiger partial charge in [0.15, 0.2) is 0 Å². The van der Waals surface area contributed by atoms with Crippen molar-refractivity contribution in [2.75, 3.05) is 39.4 Å². The minimum absolute atomic E-state index is 0.226. The monoisotopic (exact) mass is 260 g/mol. The van der Waals surface area contributed by atoms with Crippen molar-refractivity contribution in [2.45, 2.75) is 26.7 Å². The average Bonchev–Trinajstić information content (AvgIpc) is 2.33. The van der Waals surface area contributed by atoms with Gasteiger partial charge in [0.1, 0.15) is 0 Å². The summed E-state index contributed by atoms with van der Waals surface area (Å²) in [6.07, 6.45) is 0.632. The molecule has 0 saturated carbocycles. The van der Waals surface area contributed by atoms with Gasteiger partial charge in [-0.2, -0.15) is 0 Å². The van der Waals surface area contributed by atoms with Gasteiger partial charge in [-0.15, -0.1) is 0 Å². The summed E-state index contributed by atoms with van der Waals surface area (Å²) in [6, 6.07) is 0. The lowest BCUT2D eigenvalue weighted by Crippen LogP contribution is -2.33. The van der Waals surface area contributed by atoms with E-state index in [-0.39, 0.29) is 11.9 Å². The molecule has 0 aromatic rings. The zero-order chi connectivity index (χ0) is 13.8. The van der Waals surface area contributed by atoms with E-state index in [1.54, 1.807) is 13.8 Å². The molecule has 106 valence electrons. The van der Waals surface area contributed by atoms with Crippen LogP contribution in [0.3, 0.4) is 0 Å². The fourth-order valence-electron chi connectivity index (χ4n) is 1.48. The number of hydrogen-bond donors (Lipinski definition) is 1. The van der Waals surface area contributed by atoms with Crippen LogP contribution in [-0.2, 0) is 19.1 Å². The van der Waals surface area contributed by atoms with Crippen LogP contribution < -0.4 is 5.73 Å². The lowest BCUT2D eigenvalue weighted by atomic mass is 10.3. The van der Waals surface area contributed by atoms with Gasteiger partial charge in [0, 0.05) is 26.2 Å². The number of hydrogen-bond acceptors (Lipinski definition) is 6. The molecule has 0 heterocycles. The van der Waals surface area contributed by atoms with Crippen molar-refractivity contribution < 1.29 is 19.1 Å². The molecule has 0 aliphatic heterocycles. The van der Waals surface area contributed by atoms with E-state index in [0.29, 0.717) is 52.2 Å². The van der Waals surface area contributed by atoms with Crippen LogP contribution in [-0.4, -0.2) is 56.2 Å². The Labute approximate surface area is 108 Å². The quantitative estimate of drug-likeness (QED) is 0.563. The lowest BCUT2D eigenvalue weighted by Gasteiger charge is -2.20. The predicted octanol–water partition coefficient (Wildman–Crippen LogP) is 0.154. The van der Waals surface area contributed by atoms with Crippen molar-refractivity contribution in [3.8, 4) is 0 Å². The maximum atomic E-state index is 11.2. The average molecular weight is 260 g/mol. The van der Waals surface area contributed by atoms with E-state index in [0.717, 1.165) is 0 Å². The molecular weight excluding hydrogens is 236 g/mol. The molecule has 0 atom stereocenters. The molecule has 0 aliphatic rings. The van der Waals surface area contributed by atoms with Crippen molar-refractivity contribution in [3.63, 3.8) is 0 Å². The molecule has 0 amide bonds. The minimum atomic E-state index is -0.226. The summed E-state index contributed by atoms with van der Waals surface area (Å²) >= 11 is 0. The molecular formula is C12H24N2O4. The zero-order valence-electron chi connectivity index (χ0n) is 11.3. The minimum Gasteiger partial charge on any atom is -0.466 e. The van der Waals surface area contributed by atoms with Gasteiger partial charge < -0.3 is 20.1 Å². The fourth-order valence-corrected chi connectivity index (χ4v) is 1.48. The molecule has 0 unspecified atom stereocenters. The van der Waals surface area contributed by atoms with Crippen molar-refractivity contribution in [3.05, 3.63) is 0 Å². The van der Waals surface area contributed by atoms with Gasteiger partial charge in [-0.1, -0.05) is 0 Å². The van der Waals surface area contributed by atoms with Crippen LogP contribution in [0.25, 0.3) is 0 Å². The van der Waals surface area contributed by atoms with E-state index in [9.17, 15) is 9.59 Å². The van der Waals surface area contributed by atoms with Crippen LogP contribution in [0.4, 0.5) is 0 Å². The Morgan fingerprint density at radius 3 is 1.72 bits per heavy atom. The number of carbonyl (C=O) groups is 2. The predicted molar refractivity (Wildman–Crippen MR) is 68.0 cm³/mol. The van der Waals surface area contributed by atoms with Gasteiger partial charge in [0.25, 0.3) is 0 Å². The third-order valence-electron chi connectivity index (χ3n) is 2.32. The normalized spacial score (nSPS) is 10.4. The molecule has 0 aliphatic carbocycles. The van der Waals surface area contributed by atoms with Crippen LogP contribution in [0.15, 0.2) is 0 Å². The first-order valence-electron chi connectivity index (χ1n) is 6.37. The highest BCUT2D eigenvalue weighted by molar-refractivity contribution is 5.70. The molecule has 0 fully saturated rings. The zero-order valence-corrected chi connectivity index (χ0v) is 11.3. The Hall–Kier alpha value is -1.14. The van der Waals surface area contributed by atoms with Crippen molar-refractivity contribution in [1.82, 2.24) is 4.90 Å². The highest BCUT2D eigenvalue weighted by atomic mass is 16.5. The standard InChI is InChI=1S/C12H24N2O4/c1-3-17-11(15)5-8-14(10-7-13)9-6-12(16)18-4-2/h3-10,13H2,1-2H3. The molecule has 0 radical (unpaired) electrons. The van der Waals surface area contributed by atoms with Crippen LogP contribution in [0.2, 0.25) is 0 Å². The number of rotatable bonds is 10. The molecule has 0 saturated heterocycles. The first-order chi connectivity index (χ1) is 8.63. The number of nitrogens with zero attached hydrogens (tertiary/aromatic N) is 1. The molecule has 0 rings (SSSR count). The topological polar surface area (TPSA) is 81.9 Å². The van der Waals surface area contributed by atoms with Gasteiger partial charge in [-0.3, -0.25) is 9.59 Å². The lowest BCUT2D eigenvalue weighted by molar-refractivity contribution is -0.143. The van der Waals surface area contributed by atoms with Gasteiger partial charge in [0.2, 0.25) is 0 Å². The first kappa shape index (κ1) is 16.9. The van der Waals surface area contributed by atoms with Crippen molar-refractivity contribution in [1.29, 1.82) is 0 Å². The Morgan fingerprint density at radius 1 is 0.944 bits per heavy atom. The van der Waals surface area contributed by atoms with Gasteiger partial charge in [-0.25, -0.2) is 0 Å². The van der Waals surface area contributed by atoms with E-state index in [1.165, 1.54) is 0 Å². The second kappa shape index (κ2) is 11.0. The van der Waals surface area contributed by atoms with Gasteiger partial charge in [-0.05, 0) is 13.8 Å². The maximum Gasteiger partial charge on any atom is 0.307 e. The van der Waals surface area contributed by atoms with Crippen LogP contribution in [0.1, 0.15) is 26.7 Å². The molecule has 0 aromatic carbocycles. The molecule has 0 spiro atoms. The van der Waals surface area contributed by atoms with Crippen LogP contribution in [0, 0.1) is 0 Å². The molecule has 2 N–H and O–H groups in total. The van der Waals surface area contributed by atoms with E-state index in [1.807, 2.05) is 4.90 Å². The van der Waals surface area contributed by atoms with E-state index >= 15 is 0 Å². The van der Waals surface area contributed by atoms with Crippen molar-refractivity contribution in [2.24, 2.45) is 5.73 Å². The Morgan fingerprint density at radius 2 is 1.39 bits per heavy atom. The van der Waals surface area contributed by atoms with E-state index in [2.05, 4.69) is 0 Å². The summed E-state index contributed by atoms with van der Waals surface area (Å²) in [7, 11) is 0. The summed E-state index contributed by atoms with van der Waals surface area (Å²) in [5, 5.41) is 0. The fraction of sp³-hybridized carbons (Fsp3) is 0.833. The third-order valence-corrected chi connectivity index (χ3v) is 2.32. The SMILES string of the molecule is CCOC(=O)CCN(CCN)CCC(=O)OCC. The molecule has 0 bridgehead atoms. The second-order valence-electron chi connectivity index (χ2n) is 3.74. The smallest absolute Gasteiger partial charge is 0.307 e. The highest BCUT2D eigenvalue weighted by Crippen LogP contribution is 1.97. The molecule has 18 heavy (non-hydrogen) atoms. The summed E-state index contributed by atoms with van der Waals surface area (Å²) in [6.45, 7) is 6.57. The molecule has 0 aromatic heterocycles.